The lowest BCUT2D eigenvalue weighted by atomic mass is 10.1. The summed E-state index contributed by atoms with van der Waals surface area (Å²) in [4.78, 5) is 17.5. The molecule has 1 aliphatic rings. The molecule has 33 heavy (non-hydrogen) atoms. The molecule has 1 aromatic carbocycles. The molecule has 2 unspecified atom stereocenters. The number of nitrogens with one attached hydrogen (secondary N) is 1. The van der Waals surface area contributed by atoms with Crippen LogP contribution < -0.4 is 5.32 Å². The lowest BCUT2D eigenvalue weighted by Gasteiger charge is -2.17. The number of anilines is 1. The smallest absolute Gasteiger partial charge is 0.226 e. The highest BCUT2D eigenvalue weighted by atomic mass is 35.5. The van der Waals surface area contributed by atoms with Crippen LogP contribution in [0.15, 0.2) is 34.9 Å². The summed E-state index contributed by atoms with van der Waals surface area (Å²) in [5, 5.41) is 33.3. The fourth-order valence-corrected chi connectivity index (χ4v) is 6.14. The van der Waals surface area contributed by atoms with Gasteiger partial charge >= 0.3 is 0 Å². The van der Waals surface area contributed by atoms with Crippen LogP contribution in [-0.4, -0.2) is 76.5 Å². The fraction of sp³-hybridized carbons (Fsp3) is 0.400. The number of fused-ring (bicyclic) bond motifs is 2. The summed E-state index contributed by atoms with van der Waals surface area (Å²) < 4.78 is 9.22. The average molecular weight is 509 g/mol. The van der Waals surface area contributed by atoms with Crippen molar-refractivity contribution in [3.63, 3.8) is 0 Å². The Labute approximate surface area is 201 Å². The molecule has 1 fully saturated rings. The summed E-state index contributed by atoms with van der Waals surface area (Å²) in [6.45, 7) is 2.24. The van der Waals surface area contributed by atoms with Gasteiger partial charge in [0.25, 0.3) is 0 Å². The molecular formula is C20H21ClN6O4S2. The molecule has 0 spiro atoms. The van der Waals surface area contributed by atoms with Gasteiger partial charge in [-0.3, -0.25) is 4.57 Å². The summed E-state index contributed by atoms with van der Waals surface area (Å²) in [6.07, 6.45) is -2.91. The number of hydrogen-bond donors (Lipinski definition) is 4. The molecule has 174 valence electrons. The number of ether oxygens (including phenoxy) is 1. The number of aliphatic hydroxyl groups excluding tert-OH is 3. The maximum atomic E-state index is 10.4. The maximum Gasteiger partial charge on any atom is 0.226 e. The Bertz CT molecular complexity index is 1250. The van der Waals surface area contributed by atoms with E-state index in [1.807, 2.05) is 18.2 Å². The number of imidazole rings is 1. The Morgan fingerprint density at radius 2 is 2.06 bits per heavy atom. The number of hydrogen-bond acceptors (Lipinski definition) is 11. The zero-order chi connectivity index (χ0) is 23.1. The van der Waals surface area contributed by atoms with Crippen LogP contribution in [0.2, 0.25) is 5.28 Å². The van der Waals surface area contributed by atoms with E-state index < -0.39 is 31.1 Å². The number of rotatable bonds is 7. The summed E-state index contributed by atoms with van der Waals surface area (Å²) in [6, 6.07) is 8.04. The van der Waals surface area contributed by atoms with E-state index in [4.69, 9.17) is 16.3 Å². The summed E-state index contributed by atoms with van der Waals surface area (Å²) in [5.41, 5.74) is 1.79. The third-order valence-electron chi connectivity index (χ3n) is 5.32. The van der Waals surface area contributed by atoms with E-state index in [1.165, 1.54) is 10.9 Å². The van der Waals surface area contributed by atoms with Gasteiger partial charge in [-0.25, -0.2) is 9.97 Å². The van der Waals surface area contributed by atoms with Gasteiger partial charge in [0.2, 0.25) is 5.28 Å². The van der Waals surface area contributed by atoms with Crippen LogP contribution in [0.5, 0.6) is 0 Å². The SMILES string of the molecule is C[C@@H](CNc1nc(Cl)nc2c1ncn2[C@@H]1O[C@H](CO)C(O)C1O)Sc1nc2ccccc2s1. The quantitative estimate of drug-likeness (QED) is 0.217. The van der Waals surface area contributed by atoms with Gasteiger partial charge in [-0.05, 0) is 23.7 Å². The first-order valence-electron chi connectivity index (χ1n) is 10.2. The second-order valence-corrected chi connectivity index (χ2v) is 10.7. The van der Waals surface area contributed by atoms with Crippen molar-refractivity contribution < 1.29 is 20.1 Å². The number of thioether (sulfide) groups is 1. The highest BCUT2D eigenvalue weighted by molar-refractivity contribution is 8.01. The number of benzene rings is 1. The van der Waals surface area contributed by atoms with Crippen molar-refractivity contribution in [3.8, 4) is 0 Å². The first-order chi connectivity index (χ1) is 15.9. The zero-order valence-corrected chi connectivity index (χ0v) is 19.8. The van der Waals surface area contributed by atoms with Crippen molar-refractivity contribution in [1.82, 2.24) is 24.5 Å². The predicted octanol–water partition coefficient (Wildman–Crippen LogP) is 2.29. The van der Waals surface area contributed by atoms with Gasteiger partial charge < -0.3 is 25.4 Å². The zero-order valence-electron chi connectivity index (χ0n) is 17.4. The Balaban J connectivity index is 1.33. The van der Waals surface area contributed by atoms with Gasteiger partial charge in [-0.2, -0.15) is 9.97 Å². The molecule has 4 aromatic rings. The summed E-state index contributed by atoms with van der Waals surface area (Å²) in [7, 11) is 0. The number of thiazole rings is 1. The van der Waals surface area contributed by atoms with Crippen molar-refractivity contribution in [2.24, 2.45) is 0 Å². The Hall–Kier alpha value is -2.06. The second-order valence-electron chi connectivity index (χ2n) is 7.65. The molecule has 0 saturated carbocycles. The third-order valence-corrected chi connectivity index (χ3v) is 7.72. The Morgan fingerprint density at radius 3 is 2.82 bits per heavy atom. The number of aromatic nitrogens is 5. The molecule has 4 heterocycles. The minimum atomic E-state index is -1.25. The van der Waals surface area contributed by atoms with Gasteiger partial charge in [0.1, 0.15) is 18.3 Å². The Kier molecular flexibility index (Phi) is 6.40. The van der Waals surface area contributed by atoms with Gasteiger partial charge in [-0.15, -0.1) is 11.3 Å². The molecule has 0 bridgehead atoms. The monoisotopic (exact) mass is 508 g/mol. The number of halogens is 1. The summed E-state index contributed by atoms with van der Waals surface area (Å²) >= 11 is 9.48. The number of aliphatic hydroxyl groups is 3. The number of nitrogens with zero attached hydrogens (tertiary/aromatic N) is 5. The van der Waals surface area contributed by atoms with E-state index in [1.54, 1.807) is 23.1 Å². The van der Waals surface area contributed by atoms with Crippen molar-refractivity contribution in [2.75, 3.05) is 18.5 Å². The average Bonchev–Trinajstić information content (AvgIpc) is 3.47. The van der Waals surface area contributed by atoms with E-state index in [2.05, 4.69) is 38.2 Å². The molecule has 0 radical (unpaired) electrons. The molecule has 3 aromatic heterocycles. The van der Waals surface area contributed by atoms with Crippen LogP contribution in [0.4, 0.5) is 5.82 Å². The van der Waals surface area contributed by atoms with Crippen molar-refractivity contribution in [1.29, 1.82) is 0 Å². The van der Waals surface area contributed by atoms with Crippen molar-refractivity contribution in [3.05, 3.63) is 35.9 Å². The van der Waals surface area contributed by atoms with Gasteiger partial charge in [0, 0.05) is 11.8 Å². The number of para-hydroxylation sites is 1. The lowest BCUT2D eigenvalue weighted by molar-refractivity contribution is -0.0511. The molecule has 0 amide bonds. The van der Waals surface area contributed by atoms with Crippen LogP contribution in [-0.2, 0) is 4.74 Å². The normalized spacial score (nSPS) is 24.0. The second kappa shape index (κ2) is 9.29. The highest BCUT2D eigenvalue weighted by Crippen LogP contribution is 2.34. The topological polar surface area (TPSA) is 138 Å². The maximum absolute atomic E-state index is 10.4. The first-order valence-corrected chi connectivity index (χ1v) is 12.3. The molecule has 10 nitrogen and oxygen atoms in total. The molecule has 13 heteroatoms. The molecular weight excluding hydrogens is 488 g/mol. The summed E-state index contributed by atoms with van der Waals surface area (Å²) in [5.74, 6) is 0.451. The highest BCUT2D eigenvalue weighted by Gasteiger charge is 2.44. The fourth-order valence-electron chi connectivity index (χ4n) is 3.66. The Morgan fingerprint density at radius 1 is 1.24 bits per heavy atom. The van der Waals surface area contributed by atoms with E-state index in [9.17, 15) is 15.3 Å². The minimum Gasteiger partial charge on any atom is -0.394 e. The molecule has 1 aliphatic heterocycles. The third kappa shape index (κ3) is 4.39. The molecule has 5 atom stereocenters. The van der Waals surface area contributed by atoms with Crippen molar-refractivity contribution >= 4 is 61.9 Å². The van der Waals surface area contributed by atoms with Gasteiger partial charge in [0.05, 0.1) is 23.2 Å². The molecule has 4 N–H and O–H groups in total. The van der Waals surface area contributed by atoms with Crippen LogP contribution >= 0.6 is 34.7 Å². The minimum absolute atomic E-state index is 0.00460. The largest absolute Gasteiger partial charge is 0.394 e. The molecule has 1 saturated heterocycles. The predicted molar refractivity (Wildman–Crippen MR) is 127 cm³/mol. The van der Waals surface area contributed by atoms with Crippen LogP contribution in [0.1, 0.15) is 13.2 Å². The van der Waals surface area contributed by atoms with Crippen LogP contribution in [0, 0.1) is 0 Å². The van der Waals surface area contributed by atoms with Crippen LogP contribution in [0.25, 0.3) is 21.4 Å². The van der Waals surface area contributed by atoms with E-state index >= 15 is 0 Å². The van der Waals surface area contributed by atoms with Gasteiger partial charge in [0.15, 0.2) is 27.5 Å². The molecule has 0 aliphatic carbocycles. The van der Waals surface area contributed by atoms with E-state index in [-0.39, 0.29) is 10.5 Å². The lowest BCUT2D eigenvalue weighted by Crippen LogP contribution is -2.33. The first kappa shape index (κ1) is 22.7. The van der Waals surface area contributed by atoms with E-state index in [0.717, 1.165) is 14.6 Å². The van der Waals surface area contributed by atoms with Crippen molar-refractivity contribution in [2.45, 2.75) is 41.1 Å². The molecule has 5 rings (SSSR count). The van der Waals surface area contributed by atoms with Crippen LogP contribution in [0.3, 0.4) is 0 Å². The standard InChI is InChI=1S/C20H21ClN6O4S2/c1-9(32-20-24-10-4-2-3-5-12(10)33-20)6-22-16-13-17(26-19(21)25-16)27(8-23-13)18-15(30)14(29)11(7-28)31-18/h2-5,8-9,11,14-15,18,28-30H,6-7H2,1H3,(H,22,25,26)/t9-,11+,14?,15?,18+/m0/s1. The van der Waals surface area contributed by atoms with E-state index in [0.29, 0.717) is 23.5 Å². The van der Waals surface area contributed by atoms with Gasteiger partial charge in [-0.1, -0.05) is 30.8 Å².